The van der Waals surface area contributed by atoms with Crippen molar-refractivity contribution in [1.82, 2.24) is 14.7 Å². The molecule has 0 spiro atoms. The Bertz CT molecular complexity index is 853. The standard InChI is InChI=1S/C19H22FN3O4/c1-13-5-8-23(21-13)11-17(25)22-7-6-16(24)19(12-22,18(26)27)10-14-3-2-4-15(20)9-14/h2-5,8-9,16,24H,6-7,10-12H2,1H3,(H,26,27)/t16-,19-/m1/s1. The number of aromatic nitrogens is 2. The van der Waals surface area contributed by atoms with Crippen molar-refractivity contribution in [1.29, 1.82) is 0 Å². The molecule has 1 fully saturated rings. The summed E-state index contributed by atoms with van der Waals surface area (Å²) in [6, 6.07) is 7.42. The van der Waals surface area contributed by atoms with Gasteiger partial charge in [-0.1, -0.05) is 12.1 Å². The van der Waals surface area contributed by atoms with Gasteiger partial charge in [0.2, 0.25) is 5.91 Å². The van der Waals surface area contributed by atoms with Crippen molar-refractivity contribution in [2.75, 3.05) is 13.1 Å². The molecule has 0 saturated carbocycles. The molecule has 7 nitrogen and oxygen atoms in total. The van der Waals surface area contributed by atoms with E-state index in [1.807, 2.05) is 6.92 Å². The first-order valence-corrected chi connectivity index (χ1v) is 8.74. The minimum atomic E-state index is -1.58. The van der Waals surface area contributed by atoms with E-state index in [9.17, 15) is 24.2 Å². The number of hydrogen-bond acceptors (Lipinski definition) is 4. The number of carboxylic acids is 1. The van der Waals surface area contributed by atoms with Crippen molar-refractivity contribution in [3.8, 4) is 0 Å². The van der Waals surface area contributed by atoms with Crippen LogP contribution in [0, 0.1) is 18.2 Å². The predicted molar refractivity (Wildman–Crippen MR) is 94.3 cm³/mol. The molecule has 3 rings (SSSR count). The Balaban J connectivity index is 1.81. The second kappa shape index (κ2) is 7.48. The summed E-state index contributed by atoms with van der Waals surface area (Å²) in [6.07, 6.45) is 0.634. The summed E-state index contributed by atoms with van der Waals surface area (Å²) in [4.78, 5) is 26.2. The molecule has 0 radical (unpaired) electrons. The molecule has 2 atom stereocenters. The summed E-state index contributed by atoms with van der Waals surface area (Å²) in [5, 5.41) is 24.5. The molecule has 8 heteroatoms. The van der Waals surface area contributed by atoms with Crippen molar-refractivity contribution in [2.45, 2.75) is 32.4 Å². The zero-order valence-corrected chi connectivity index (χ0v) is 15.0. The fourth-order valence-electron chi connectivity index (χ4n) is 3.55. The Labute approximate surface area is 156 Å². The Morgan fingerprint density at radius 2 is 2.15 bits per heavy atom. The monoisotopic (exact) mass is 375 g/mol. The van der Waals surface area contributed by atoms with E-state index < -0.39 is 23.3 Å². The largest absolute Gasteiger partial charge is 0.481 e. The maximum Gasteiger partial charge on any atom is 0.314 e. The highest BCUT2D eigenvalue weighted by molar-refractivity contribution is 5.80. The number of hydrogen-bond donors (Lipinski definition) is 2. The van der Waals surface area contributed by atoms with Crippen LogP contribution < -0.4 is 0 Å². The quantitative estimate of drug-likeness (QED) is 0.820. The van der Waals surface area contributed by atoms with Crippen molar-refractivity contribution < 1.29 is 24.2 Å². The maximum atomic E-state index is 13.5. The predicted octanol–water partition coefficient (Wildman–Crippen LogP) is 1.24. The minimum Gasteiger partial charge on any atom is -0.481 e. The van der Waals surface area contributed by atoms with Crippen molar-refractivity contribution in [3.63, 3.8) is 0 Å². The molecule has 0 aliphatic carbocycles. The van der Waals surface area contributed by atoms with Gasteiger partial charge in [0, 0.05) is 19.3 Å². The Morgan fingerprint density at radius 1 is 1.37 bits per heavy atom. The summed E-state index contributed by atoms with van der Waals surface area (Å²) >= 11 is 0. The van der Waals surface area contributed by atoms with E-state index in [0.717, 1.165) is 5.69 Å². The van der Waals surface area contributed by atoms with Crippen LogP contribution in [-0.4, -0.2) is 56.0 Å². The fourth-order valence-corrected chi connectivity index (χ4v) is 3.55. The highest BCUT2D eigenvalue weighted by Gasteiger charge is 2.50. The van der Waals surface area contributed by atoms with Crippen LogP contribution in [0.15, 0.2) is 36.5 Å². The molecular formula is C19H22FN3O4. The first kappa shape index (κ1) is 19.0. The van der Waals surface area contributed by atoms with Crippen LogP contribution in [0.1, 0.15) is 17.7 Å². The van der Waals surface area contributed by atoms with Gasteiger partial charge >= 0.3 is 5.97 Å². The van der Waals surface area contributed by atoms with E-state index >= 15 is 0 Å². The number of carbonyl (C=O) groups is 2. The summed E-state index contributed by atoms with van der Waals surface area (Å²) in [6.45, 7) is 1.93. The third-order valence-electron chi connectivity index (χ3n) is 5.04. The van der Waals surface area contributed by atoms with Gasteiger partial charge < -0.3 is 15.1 Å². The zero-order valence-electron chi connectivity index (χ0n) is 15.0. The summed E-state index contributed by atoms with van der Waals surface area (Å²) in [5.41, 5.74) is -0.335. The van der Waals surface area contributed by atoms with Crippen LogP contribution in [0.25, 0.3) is 0 Å². The summed E-state index contributed by atoms with van der Waals surface area (Å²) in [7, 11) is 0. The van der Waals surface area contributed by atoms with Gasteiger partial charge in [-0.15, -0.1) is 0 Å². The Kier molecular flexibility index (Phi) is 5.27. The van der Waals surface area contributed by atoms with Crippen LogP contribution in [0.4, 0.5) is 4.39 Å². The molecule has 0 unspecified atom stereocenters. The van der Waals surface area contributed by atoms with E-state index in [1.54, 1.807) is 18.3 Å². The molecule has 2 N–H and O–H groups in total. The topological polar surface area (TPSA) is 95.7 Å². The number of aliphatic hydroxyl groups is 1. The molecule has 1 saturated heterocycles. The lowest BCUT2D eigenvalue weighted by Crippen LogP contribution is -2.58. The van der Waals surface area contributed by atoms with Gasteiger partial charge in [0.05, 0.1) is 11.8 Å². The minimum absolute atomic E-state index is 0.000397. The van der Waals surface area contributed by atoms with Crippen LogP contribution in [-0.2, 0) is 22.6 Å². The lowest BCUT2D eigenvalue weighted by molar-refractivity contribution is -0.166. The number of aliphatic carboxylic acids is 1. The Hall–Kier alpha value is -2.74. The third kappa shape index (κ3) is 4.00. The lowest BCUT2D eigenvalue weighted by atomic mass is 9.73. The van der Waals surface area contributed by atoms with Crippen LogP contribution >= 0.6 is 0 Å². The molecule has 1 aliphatic rings. The third-order valence-corrected chi connectivity index (χ3v) is 5.04. The molecule has 27 heavy (non-hydrogen) atoms. The summed E-state index contributed by atoms with van der Waals surface area (Å²) in [5.74, 6) is -1.94. The number of carboxylic acid groups (broad SMARTS) is 1. The van der Waals surface area contributed by atoms with E-state index in [4.69, 9.17) is 0 Å². The van der Waals surface area contributed by atoms with Gasteiger partial charge in [-0.25, -0.2) is 4.39 Å². The SMILES string of the molecule is Cc1ccn(CC(=O)N2CC[C@@H](O)[C@](Cc3cccc(F)c3)(C(=O)O)C2)n1. The molecule has 0 bridgehead atoms. The van der Waals surface area contributed by atoms with E-state index in [-0.39, 0.29) is 38.4 Å². The van der Waals surface area contributed by atoms with Gasteiger partial charge in [0.15, 0.2) is 0 Å². The molecule has 2 aromatic rings. The maximum absolute atomic E-state index is 13.5. The number of nitrogens with zero attached hydrogens (tertiary/aromatic N) is 3. The van der Waals surface area contributed by atoms with Gasteiger partial charge in [-0.3, -0.25) is 14.3 Å². The van der Waals surface area contributed by atoms with Crippen LogP contribution in [0.3, 0.4) is 0 Å². The highest BCUT2D eigenvalue weighted by atomic mass is 19.1. The molecule has 1 amide bonds. The number of aryl methyl sites for hydroxylation is 1. The molecule has 1 aromatic heterocycles. The van der Waals surface area contributed by atoms with Crippen LogP contribution in [0.5, 0.6) is 0 Å². The number of rotatable bonds is 5. The van der Waals surface area contributed by atoms with E-state index in [0.29, 0.717) is 5.56 Å². The normalized spacial score (nSPS) is 22.6. The second-order valence-electron chi connectivity index (χ2n) is 7.04. The van der Waals surface area contributed by atoms with Gasteiger partial charge in [0.1, 0.15) is 17.8 Å². The number of aliphatic hydroxyl groups excluding tert-OH is 1. The molecule has 144 valence electrons. The van der Waals surface area contributed by atoms with E-state index in [1.165, 1.54) is 27.8 Å². The van der Waals surface area contributed by atoms with Crippen molar-refractivity contribution >= 4 is 11.9 Å². The van der Waals surface area contributed by atoms with Crippen molar-refractivity contribution in [3.05, 3.63) is 53.6 Å². The van der Waals surface area contributed by atoms with E-state index in [2.05, 4.69) is 5.10 Å². The molecule has 1 aromatic carbocycles. The molecule has 2 heterocycles. The number of benzene rings is 1. The highest BCUT2D eigenvalue weighted by Crippen LogP contribution is 2.35. The van der Waals surface area contributed by atoms with Gasteiger partial charge in [0.25, 0.3) is 0 Å². The Morgan fingerprint density at radius 3 is 2.78 bits per heavy atom. The van der Waals surface area contributed by atoms with Crippen molar-refractivity contribution in [2.24, 2.45) is 5.41 Å². The van der Waals surface area contributed by atoms with Gasteiger partial charge in [-0.2, -0.15) is 5.10 Å². The lowest BCUT2D eigenvalue weighted by Gasteiger charge is -2.43. The number of halogens is 1. The average molecular weight is 375 g/mol. The molecular weight excluding hydrogens is 353 g/mol. The zero-order chi connectivity index (χ0) is 19.6. The first-order chi connectivity index (χ1) is 12.8. The van der Waals surface area contributed by atoms with Crippen LogP contribution in [0.2, 0.25) is 0 Å². The van der Waals surface area contributed by atoms with Gasteiger partial charge in [-0.05, 0) is 43.5 Å². The number of likely N-dealkylation sites (tertiary alicyclic amines) is 1. The number of amides is 1. The number of piperidine rings is 1. The molecule has 1 aliphatic heterocycles. The summed E-state index contributed by atoms with van der Waals surface area (Å²) < 4.78 is 15.0. The number of carbonyl (C=O) groups excluding carboxylic acids is 1. The second-order valence-corrected chi connectivity index (χ2v) is 7.04. The fraction of sp³-hybridized carbons (Fsp3) is 0.421. The smallest absolute Gasteiger partial charge is 0.314 e. The first-order valence-electron chi connectivity index (χ1n) is 8.74. The average Bonchev–Trinajstić information content (AvgIpc) is 3.01.